The Balaban J connectivity index is 2.07. The molecular formula is C12H13N3O. The molecule has 0 unspecified atom stereocenters. The summed E-state index contributed by atoms with van der Waals surface area (Å²) < 4.78 is 0. The van der Waals surface area contributed by atoms with Gasteiger partial charge in [-0.2, -0.15) is 0 Å². The van der Waals surface area contributed by atoms with E-state index in [0.29, 0.717) is 5.96 Å². The van der Waals surface area contributed by atoms with Crippen molar-refractivity contribution >= 4 is 17.6 Å². The molecule has 4 nitrogen and oxygen atoms in total. The van der Waals surface area contributed by atoms with Gasteiger partial charge in [0.05, 0.1) is 5.69 Å². The summed E-state index contributed by atoms with van der Waals surface area (Å²) in [6.07, 6.45) is 0. The Kier molecular flexibility index (Phi) is 1.80. The Hall–Kier alpha value is -1.84. The van der Waals surface area contributed by atoms with Crippen LogP contribution in [0.5, 0.6) is 0 Å². The van der Waals surface area contributed by atoms with Crippen molar-refractivity contribution in [3.8, 4) is 0 Å². The van der Waals surface area contributed by atoms with Crippen LogP contribution in [0, 0.1) is 6.92 Å². The third-order valence-electron chi connectivity index (χ3n) is 3.16. The molecule has 2 aliphatic heterocycles. The van der Waals surface area contributed by atoms with Gasteiger partial charge in [-0.25, -0.2) is 4.99 Å². The van der Waals surface area contributed by atoms with Gasteiger partial charge < -0.3 is 4.90 Å². The van der Waals surface area contributed by atoms with Crippen molar-refractivity contribution in [1.29, 1.82) is 0 Å². The first kappa shape index (κ1) is 9.39. The predicted molar refractivity (Wildman–Crippen MR) is 61.4 cm³/mol. The van der Waals surface area contributed by atoms with Crippen LogP contribution in [0.4, 0.5) is 5.69 Å². The van der Waals surface area contributed by atoms with Gasteiger partial charge in [0, 0.05) is 6.54 Å². The third kappa shape index (κ3) is 1.23. The zero-order chi connectivity index (χ0) is 11.3. The molecule has 2 aliphatic rings. The van der Waals surface area contributed by atoms with Gasteiger partial charge in [-0.3, -0.25) is 10.1 Å². The summed E-state index contributed by atoms with van der Waals surface area (Å²) in [5, 5.41) is 2.80. The first-order valence-corrected chi connectivity index (χ1v) is 5.41. The molecule has 1 aromatic rings. The summed E-state index contributed by atoms with van der Waals surface area (Å²) in [5.41, 5.74) is 3.38. The fourth-order valence-electron chi connectivity index (χ4n) is 2.16. The molecule has 0 aromatic heterocycles. The second-order valence-electron chi connectivity index (χ2n) is 4.36. The first-order chi connectivity index (χ1) is 7.65. The molecule has 1 N–H and O–H groups in total. The van der Waals surface area contributed by atoms with E-state index in [1.54, 1.807) is 0 Å². The van der Waals surface area contributed by atoms with Crippen LogP contribution in [-0.4, -0.2) is 22.8 Å². The molecule has 0 bridgehead atoms. The lowest BCUT2D eigenvalue weighted by atomic mass is 10.1. The second kappa shape index (κ2) is 3.07. The van der Waals surface area contributed by atoms with E-state index in [2.05, 4.69) is 23.3 Å². The number of fused-ring (bicyclic) bond motifs is 2. The van der Waals surface area contributed by atoms with Crippen LogP contribution in [0.2, 0.25) is 0 Å². The summed E-state index contributed by atoms with van der Waals surface area (Å²) in [4.78, 5) is 18.0. The topological polar surface area (TPSA) is 44.7 Å². The number of aliphatic imine (C=N–C) groups is 1. The molecule has 4 heteroatoms. The number of hydrogen-bond acceptors (Lipinski definition) is 3. The molecule has 82 valence electrons. The standard InChI is InChI=1S/C12H13N3O/c1-7-3-4-10-9(5-7)6-15-8(2)11(16)14-12(15)13-10/h3-5,8H,6H2,1-2H3,(H,13,14,16)/t8-/m1/s1. The maximum Gasteiger partial charge on any atom is 0.249 e. The van der Waals surface area contributed by atoms with Crippen molar-refractivity contribution in [1.82, 2.24) is 10.2 Å². The Bertz CT molecular complexity index is 507. The molecule has 1 atom stereocenters. The highest BCUT2D eigenvalue weighted by Gasteiger charge is 2.35. The van der Waals surface area contributed by atoms with Crippen molar-refractivity contribution in [2.24, 2.45) is 4.99 Å². The number of carbonyl (C=O) groups is 1. The molecule has 2 heterocycles. The maximum atomic E-state index is 11.5. The Morgan fingerprint density at radius 1 is 1.50 bits per heavy atom. The molecule has 0 saturated carbocycles. The van der Waals surface area contributed by atoms with Crippen molar-refractivity contribution < 1.29 is 4.79 Å². The van der Waals surface area contributed by atoms with Gasteiger partial charge in [-0.15, -0.1) is 0 Å². The summed E-state index contributed by atoms with van der Waals surface area (Å²) in [6.45, 7) is 4.73. The van der Waals surface area contributed by atoms with Crippen LogP contribution >= 0.6 is 0 Å². The minimum Gasteiger partial charge on any atom is -0.326 e. The van der Waals surface area contributed by atoms with Crippen LogP contribution in [0.15, 0.2) is 23.2 Å². The summed E-state index contributed by atoms with van der Waals surface area (Å²) >= 11 is 0. The fourth-order valence-corrected chi connectivity index (χ4v) is 2.16. The quantitative estimate of drug-likeness (QED) is 0.709. The Labute approximate surface area is 94.0 Å². The summed E-state index contributed by atoms with van der Waals surface area (Å²) in [7, 11) is 0. The zero-order valence-electron chi connectivity index (χ0n) is 9.32. The van der Waals surface area contributed by atoms with Crippen molar-refractivity contribution in [2.75, 3.05) is 0 Å². The van der Waals surface area contributed by atoms with Crippen LogP contribution in [0.3, 0.4) is 0 Å². The van der Waals surface area contributed by atoms with Crippen molar-refractivity contribution in [3.63, 3.8) is 0 Å². The molecular weight excluding hydrogens is 202 g/mol. The largest absolute Gasteiger partial charge is 0.326 e. The number of guanidine groups is 1. The molecule has 1 aromatic carbocycles. The SMILES string of the molecule is Cc1ccc2c(c1)CN1C(=N2)NC(=O)[C@H]1C. The summed E-state index contributed by atoms with van der Waals surface area (Å²) in [6, 6.07) is 6.06. The highest BCUT2D eigenvalue weighted by molar-refractivity contribution is 6.07. The lowest BCUT2D eigenvalue weighted by Crippen LogP contribution is -2.35. The number of nitrogens with zero attached hydrogens (tertiary/aromatic N) is 2. The minimum atomic E-state index is -0.118. The van der Waals surface area contributed by atoms with E-state index in [1.807, 2.05) is 24.0 Å². The number of hydrogen-bond donors (Lipinski definition) is 1. The first-order valence-electron chi connectivity index (χ1n) is 5.41. The summed E-state index contributed by atoms with van der Waals surface area (Å²) in [5.74, 6) is 0.720. The van der Waals surface area contributed by atoms with Crippen LogP contribution < -0.4 is 5.32 Å². The van der Waals surface area contributed by atoms with Crippen LogP contribution in [-0.2, 0) is 11.3 Å². The van der Waals surface area contributed by atoms with E-state index in [0.717, 1.165) is 12.2 Å². The number of aryl methyl sites for hydroxylation is 1. The monoisotopic (exact) mass is 215 g/mol. The molecule has 0 spiro atoms. The minimum absolute atomic E-state index is 0.0308. The molecule has 3 rings (SSSR count). The van der Waals surface area contributed by atoms with Gasteiger partial charge in [0.25, 0.3) is 0 Å². The van der Waals surface area contributed by atoms with Gasteiger partial charge in [-0.05, 0) is 25.5 Å². The predicted octanol–water partition coefficient (Wildman–Crippen LogP) is 1.32. The van der Waals surface area contributed by atoms with Gasteiger partial charge in [0.2, 0.25) is 11.9 Å². The van der Waals surface area contributed by atoms with E-state index in [1.165, 1.54) is 11.1 Å². The van der Waals surface area contributed by atoms with Gasteiger partial charge >= 0.3 is 0 Å². The maximum absolute atomic E-state index is 11.5. The van der Waals surface area contributed by atoms with Gasteiger partial charge in [0.15, 0.2) is 0 Å². The smallest absolute Gasteiger partial charge is 0.249 e. The zero-order valence-corrected chi connectivity index (χ0v) is 9.32. The lowest BCUT2D eigenvalue weighted by Gasteiger charge is -2.26. The van der Waals surface area contributed by atoms with E-state index in [4.69, 9.17) is 0 Å². The van der Waals surface area contributed by atoms with Crippen LogP contribution in [0.1, 0.15) is 18.1 Å². The fraction of sp³-hybridized carbons (Fsp3) is 0.333. The van der Waals surface area contributed by atoms with Crippen molar-refractivity contribution in [3.05, 3.63) is 29.3 Å². The molecule has 0 aliphatic carbocycles. The normalized spacial score (nSPS) is 22.4. The number of nitrogens with one attached hydrogen (secondary N) is 1. The molecule has 0 radical (unpaired) electrons. The Morgan fingerprint density at radius 3 is 3.12 bits per heavy atom. The van der Waals surface area contributed by atoms with Gasteiger partial charge in [0.1, 0.15) is 6.04 Å². The van der Waals surface area contributed by atoms with E-state index < -0.39 is 0 Å². The van der Waals surface area contributed by atoms with E-state index in [-0.39, 0.29) is 11.9 Å². The number of amides is 1. The molecule has 16 heavy (non-hydrogen) atoms. The third-order valence-corrected chi connectivity index (χ3v) is 3.16. The highest BCUT2D eigenvalue weighted by Crippen LogP contribution is 2.29. The van der Waals surface area contributed by atoms with Gasteiger partial charge in [-0.1, -0.05) is 17.7 Å². The Morgan fingerprint density at radius 2 is 2.31 bits per heavy atom. The van der Waals surface area contributed by atoms with E-state index in [9.17, 15) is 4.79 Å². The number of rotatable bonds is 0. The molecule has 1 fully saturated rings. The average Bonchev–Trinajstić information content (AvgIpc) is 2.52. The number of carbonyl (C=O) groups excluding carboxylic acids is 1. The van der Waals surface area contributed by atoms with Crippen LogP contribution in [0.25, 0.3) is 0 Å². The highest BCUT2D eigenvalue weighted by atomic mass is 16.2. The molecule has 1 amide bonds. The average molecular weight is 215 g/mol. The number of benzene rings is 1. The molecule has 1 saturated heterocycles. The van der Waals surface area contributed by atoms with Crippen molar-refractivity contribution in [2.45, 2.75) is 26.4 Å². The lowest BCUT2D eigenvalue weighted by molar-refractivity contribution is -0.121. The van der Waals surface area contributed by atoms with E-state index >= 15 is 0 Å². The second-order valence-corrected chi connectivity index (χ2v) is 4.36.